The Morgan fingerprint density at radius 1 is 0.439 bits per heavy atom. The molecule has 7 rings (SSSR count). The number of hydrogen-bond acceptors (Lipinski definition) is 12. The first kappa shape index (κ1) is 50.1. The van der Waals surface area contributed by atoms with E-state index in [2.05, 4.69) is 144 Å². The first-order valence-electron chi connectivity index (χ1n) is 22.2. The molecule has 0 spiro atoms. The zero-order valence-corrected chi connectivity index (χ0v) is 45.0. The molecular formula is C54H62N2O4S6. The monoisotopic (exact) mass is 994 g/mol. The van der Waals surface area contributed by atoms with E-state index < -0.39 is 0 Å². The molecule has 0 amide bonds. The van der Waals surface area contributed by atoms with Crippen molar-refractivity contribution in [3.05, 3.63) is 116 Å². The maximum absolute atomic E-state index is 12.6. The molecule has 2 N–H and O–H groups in total. The molecule has 1 aliphatic heterocycles. The summed E-state index contributed by atoms with van der Waals surface area (Å²) in [5, 5.41) is 29.2. The summed E-state index contributed by atoms with van der Waals surface area (Å²) in [4.78, 5) is 18.0. The maximum Gasteiger partial charge on any atom is 0.147 e. The van der Waals surface area contributed by atoms with Crippen LogP contribution in [-0.4, -0.2) is 48.9 Å². The van der Waals surface area contributed by atoms with Crippen LogP contribution < -0.4 is 9.47 Å². The van der Waals surface area contributed by atoms with E-state index in [0.717, 1.165) is 71.2 Å². The average Bonchev–Trinajstić information content (AvgIpc) is 3.95. The lowest BCUT2D eigenvalue weighted by Gasteiger charge is -2.27. The molecule has 0 aliphatic carbocycles. The van der Waals surface area contributed by atoms with Gasteiger partial charge in [-0.05, 0) is 115 Å². The Morgan fingerprint density at radius 2 is 0.712 bits per heavy atom. The van der Waals surface area contributed by atoms with E-state index in [9.17, 15) is 10.2 Å². The quantitative estimate of drug-likeness (QED) is 0.104. The Bertz CT molecular complexity index is 2430. The lowest BCUT2D eigenvalue weighted by molar-refractivity contribution is 0.313. The van der Waals surface area contributed by atoms with Crippen molar-refractivity contribution in [2.75, 3.05) is 26.3 Å². The highest BCUT2D eigenvalue weighted by atomic mass is 32.2. The third-order valence-corrected chi connectivity index (χ3v) is 16.8. The molecule has 66 heavy (non-hydrogen) atoms. The Kier molecular flexibility index (Phi) is 15.5. The molecule has 8 bridgehead atoms. The van der Waals surface area contributed by atoms with Crippen molar-refractivity contribution < 1.29 is 19.7 Å². The summed E-state index contributed by atoms with van der Waals surface area (Å²) in [6.45, 7) is 28.1. The number of nitrogens with zero attached hydrogens (tertiary/aromatic N) is 2. The van der Waals surface area contributed by atoms with Gasteiger partial charge in [-0.25, -0.2) is 0 Å². The van der Waals surface area contributed by atoms with Gasteiger partial charge >= 0.3 is 0 Å². The van der Waals surface area contributed by atoms with Gasteiger partial charge in [0.05, 0.1) is 52.3 Å². The molecule has 1 aliphatic rings. The van der Waals surface area contributed by atoms with Gasteiger partial charge in [0.1, 0.15) is 36.2 Å². The summed E-state index contributed by atoms with van der Waals surface area (Å²) >= 11 is 9.37. The molecule has 0 atom stereocenters. The van der Waals surface area contributed by atoms with Crippen LogP contribution in [0.25, 0.3) is 0 Å². The van der Waals surface area contributed by atoms with Crippen LogP contribution in [0.4, 0.5) is 0 Å². The van der Waals surface area contributed by atoms with Crippen LogP contribution >= 0.6 is 69.7 Å². The van der Waals surface area contributed by atoms with Crippen LogP contribution in [0, 0.1) is 0 Å². The largest absolute Gasteiger partial charge is 0.506 e. The van der Waals surface area contributed by atoms with E-state index in [4.69, 9.17) is 19.5 Å². The summed E-state index contributed by atoms with van der Waals surface area (Å²) < 4.78 is 13.7. The molecule has 12 heteroatoms. The SMILES string of the molecule is CC(C)(C)c1cc2c(O)c(c1)Sc1cc(C(C)(C)C)cc(c1OCCN=Cc1cccs1)Sc1cc(C(C)(C)C)cc(c1O)Sc1cc(C(C)(C)C)cc(c1OCCN=Cc1cccs1)S2. The fourth-order valence-corrected chi connectivity index (χ4v) is 12.6. The van der Waals surface area contributed by atoms with Crippen molar-refractivity contribution in [1.82, 2.24) is 0 Å². The standard InChI is InChI=1S/C54H62N2O4S6/c1-51(2,3)33-23-39-47(57)40(24-33)64-44-28-36(54(10,11)12)30-46(50(44)60-20-18-56-32-38-16-14-22-62-38)66-42-26-34(52(4,5)6)25-41(48(42)58)65-45-29-35(53(7,8)9)27-43(63-39)49(45)59-19-17-55-31-37-15-13-21-61-37/h13-16,21-32,57-58H,17-20H2,1-12H3. The number of thiophene rings is 2. The Labute approximate surface area is 417 Å². The Morgan fingerprint density at radius 3 is 0.955 bits per heavy atom. The first-order valence-corrected chi connectivity index (χ1v) is 27.2. The van der Waals surface area contributed by atoms with Gasteiger partial charge in [0.2, 0.25) is 0 Å². The molecule has 0 saturated carbocycles. The van der Waals surface area contributed by atoms with Gasteiger partial charge in [0, 0.05) is 22.2 Å². The van der Waals surface area contributed by atoms with Crippen molar-refractivity contribution in [3.63, 3.8) is 0 Å². The van der Waals surface area contributed by atoms with Crippen molar-refractivity contribution in [1.29, 1.82) is 0 Å². The van der Waals surface area contributed by atoms with Gasteiger partial charge in [-0.2, -0.15) is 0 Å². The van der Waals surface area contributed by atoms with Crippen LogP contribution in [0.2, 0.25) is 0 Å². The molecule has 0 fully saturated rings. The van der Waals surface area contributed by atoms with Crippen molar-refractivity contribution in [3.8, 4) is 23.0 Å². The molecule has 4 aromatic carbocycles. The molecule has 0 unspecified atom stereocenters. The van der Waals surface area contributed by atoms with Gasteiger partial charge < -0.3 is 19.7 Å². The smallest absolute Gasteiger partial charge is 0.147 e. The lowest BCUT2D eigenvalue weighted by atomic mass is 9.87. The number of aromatic hydroxyl groups is 2. The van der Waals surface area contributed by atoms with Gasteiger partial charge in [0.25, 0.3) is 0 Å². The minimum atomic E-state index is -0.230. The number of aliphatic imine (C=N–C) groups is 2. The van der Waals surface area contributed by atoms with Crippen LogP contribution in [0.15, 0.2) is 133 Å². The van der Waals surface area contributed by atoms with Crippen LogP contribution in [0.1, 0.15) is 115 Å². The average molecular weight is 996 g/mol. The topological polar surface area (TPSA) is 83.6 Å². The molecule has 348 valence electrons. The minimum Gasteiger partial charge on any atom is -0.506 e. The summed E-state index contributed by atoms with van der Waals surface area (Å²) in [6.07, 6.45) is 3.79. The maximum atomic E-state index is 12.6. The normalized spacial score (nSPS) is 13.8. The predicted octanol–water partition coefficient (Wildman–Crippen LogP) is 16.3. The summed E-state index contributed by atoms with van der Waals surface area (Å²) in [6, 6.07) is 25.5. The highest BCUT2D eigenvalue weighted by Gasteiger charge is 2.29. The number of hydrogen-bond donors (Lipinski definition) is 2. The number of phenols is 2. The Hall–Kier alpha value is -3.78. The van der Waals surface area contributed by atoms with Crippen molar-refractivity contribution in [2.24, 2.45) is 9.98 Å². The second kappa shape index (κ2) is 20.4. The lowest BCUT2D eigenvalue weighted by Crippen LogP contribution is -2.13. The third kappa shape index (κ3) is 12.5. The molecule has 0 saturated heterocycles. The molecule has 3 heterocycles. The molecule has 6 nitrogen and oxygen atoms in total. The number of benzene rings is 4. The third-order valence-electron chi connectivity index (χ3n) is 10.9. The predicted molar refractivity (Wildman–Crippen MR) is 285 cm³/mol. The highest BCUT2D eigenvalue weighted by molar-refractivity contribution is 8.01. The van der Waals surface area contributed by atoms with E-state index in [1.54, 1.807) is 22.7 Å². The molecule has 6 aromatic rings. The van der Waals surface area contributed by atoms with Crippen molar-refractivity contribution >= 4 is 82.2 Å². The zero-order valence-electron chi connectivity index (χ0n) is 40.1. The van der Waals surface area contributed by atoms with E-state index in [-0.39, 0.29) is 33.2 Å². The summed E-state index contributed by atoms with van der Waals surface area (Å²) in [5.41, 5.74) is 3.52. The second-order valence-corrected chi connectivity index (χ2v) is 26.7. The zero-order chi connectivity index (χ0) is 47.6. The van der Waals surface area contributed by atoms with Crippen LogP contribution in [0.5, 0.6) is 23.0 Å². The highest BCUT2D eigenvalue weighted by Crippen LogP contribution is 2.56. The van der Waals surface area contributed by atoms with Crippen LogP contribution in [0.3, 0.4) is 0 Å². The number of phenolic OH excluding ortho intramolecular Hbond substituents is 2. The number of rotatable bonds is 10. The van der Waals surface area contributed by atoms with Gasteiger partial charge in [-0.3, -0.25) is 9.98 Å². The van der Waals surface area contributed by atoms with E-state index in [1.807, 2.05) is 35.3 Å². The van der Waals surface area contributed by atoms with Crippen molar-refractivity contribution in [2.45, 2.75) is 144 Å². The van der Waals surface area contributed by atoms with Gasteiger partial charge in [-0.1, -0.05) is 142 Å². The fraction of sp³-hybridized carbons (Fsp3) is 0.370. The second-order valence-electron chi connectivity index (χ2n) is 20.5. The van der Waals surface area contributed by atoms with E-state index >= 15 is 0 Å². The minimum absolute atomic E-state index is 0.200. The summed E-state index contributed by atoms with van der Waals surface area (Å²) in [7, 11) is 0. The Balaban J connectivity index is 1.46. The molecule has 0 radical (unpaired) electrons. The van der Waals surface area contributed by atoms with E-state index in [0.29, 0.717) is 37.8 Å². The number of ether oxygens (including phenoxy) is 2. The van der Waals surface area contributed by atoms with Gasteiger partial charge in [-0.15, -0.1) is 22.7 Å². The van der Waals surface area contributed by atoms with E-state index in [1.165, 1.54) is 47.0 Å². The first-order chi connectivity index (χ1) is 31.0. The summed E-state index contributed by atoms with van der Waals surface area (Å²) in [5.74, 6) is 1.79. The number of fused-ring (bicyclic) bond motifs is 8. The van der Waals surface area contributed by atoms with Gasteiger partial charge in [0.15, 0.2) is 0 Å². The molecular weight excluding hydrogens is 933 g/mol. The van der Waals surface area contributed by atoms with Crippen LogP contribution in [-0.2, 0) is 21.7 Å². The fourth-order valence-electron chi connectivity index (χ4n) is 6.86. The molecule has 2 aromatic heterocycles.